The van der Waals surface area contributed by atoms with E-state index in [-0.39, 0.29) is 24.7 Å². The van der Waals surface area contributed by atoms with Crippen LogP contribution in [0.5, 0.6) is 5.75 Å². The minimum absolute atomic E-state index is 0.0302. The number of carbonyl (C=O) groups excluding carboxylic acids is 1. The average molecular weight is 308 g/mol. The summed E-state index contributed by atoms with van der Waals surface area (Å²) in [5.74, 6) is -0.227. The van der Waals surface area contributed by atoms with Crippen molar-refractivity contribution in [2.45, 2.75) is 13.3 Å². The Kier molecular flexibility index (Phi) is 5.27. The van der Waals surface area contributed by atoms with E-state index in [9.17, 15) is 9.18 Å². The van der Waals surface area contributed by atoms with E-state index in [1.165, 1.54) is 17.4 Å². The normalized spacial score (nSPS) is 10.4. The minimum Gasteiger partial charge on any atom is -0.489 e. The topological polar surface area (TPSA) is 42.4 Å². The van der Waals surface area contributed by atoms with E-state index in [0.29, 0.717) is 6.54 Å². The standard InChI is InChI=1S/C15H17FN2O2S/c1-11-17-12(10-21-11)9-15(19)18(2)7-8-20-14-6-4-3-5-13(14)16/h3-6,10H,7-9H2,1-2H3. The van der Waals surface area contributed by atoms with Crippen LogP contribution in [0.1, 0.15) is 10.7 Å². The summed E-state index contributed by atoms with van der Waals surface area (Å²) >= 11 is 1.53. The van der Waals surface area contributed by atoms with Crippen molar-refractivity contribution < 1.29 is 13.9 Å². The van der Waals surface area contributed by atoms with Gasteiger partial charge in [-0.05, 0) is 19.1 Å². The number of benzene rings is 1. The quantitative estimate of drug-likeness (QED) is 0.824. The molecule has 2 rings (SSSR count). The lowest BCUT2D eigenvalue weighted by molar-refractivity contribution is -0.129. The summed E-state index contributed by atoms with van der Waals surface area (Å²) in [5, 5.41) is 2.83. The van der Waals surface area contributed by atoms with Crippen molar-refractivity contribution in [1.29, 1.82) is 0 Å². The van der Waals surface area contributed by atoms with Gasteiger partial charge in [-0.1, -0.05) is 12.1 Å². The van der Waals surface area contributed by atoms with Crippen LogP contribution >= 0.6 is 11.3 Å². The number of thiazole rings is 1. The number of rotatable bonds is 6. The van der Waals surface area contributed by atoms with E-state index < -0.39 is 5.82 Å². The number of hydrogen-bond donors (Lipinski definition) is 0. The number of hydrogen-bond acceptors (Lipinski definition) is 4. The van der Waals surface area contributed by atoms with Crippen molar-refractivity contribution in [3.8, 4) is 5.75 Å². The van der Waals surface area contributed by atoms with Gasteiger partial charge >= 0.3 is 0 Å². The highest BCUT2D eigenvalue weighted by atomic mass is 32.1. The molecule has 0 N–H and O–H groups in total. The van der Waals surface area contributed by atoms with Gasteiger partial charge in [-0.25, -0.2) is 9.37 Å². The summed E-state index contributed by atoms with van der Waals surface area (Å²) in [6.07, 6.45) is 0.278. The van der Waals surface area contributed by atoms with Gasteiger partial charge in [0.2, 0.25) is 5.91 Å². The number of aryl methyl sites for hydroxylation is 1. The zero-order chi connectivity index (χ0) is 15.2. The first kappa shape index (κ1) is 15.4. The predicted molar refractivity (Wildman–Crippen MR) is 80.1 cm³/mol. The lowest BCUT2D eigenvalue weighted by Gasteiger charge is -2.17. The first-order chi connectivity index (χ1) is 10.1. The molecule has 2 aromatic rings. The maximum Gasteiger partial charge on any atom is 0.228 e. The molecular weight excluding hydrogens is 291 g/mol. The zero-order valence-electron chi connectivity index (χ0n) is 12.0. The molecule has 0 aliphatic heterocycles. The van der Waals surface area contributed by atoms with Gasteiger partial charge in [-0.15, -0.1) is 11.3 Å². The molecular formula is C15H17FN2O2S. The number of halogens is 1. The Morgan fingerprint density at radius 2 is 2.19 bits per heavy atom. The Bertz CT molecular complexity index is 615. The fourth-order valence-electron chi connectivity index (χ4n) is 1.76. The minimum atomic E-state index is -0.399. The summed E-state index contributed by atoms with van der Waals surface area (Å²) in [7, 11) is 1.70. The van der Waals surface area contributed by atoms with Crippen LogP contribution in [-0.4, -0.2) is 36.0 Å². The Morgan fingerprint density at radius 3 is 2.86 bits per heavy atom. The molecule has 0 aliphatic rings. The fourth-order valence-corrected chi connectivity index (χ4v) is 2.37. The van der Waals surface area contributed by atoms with Gasteiger partial charge in [0.15, 0.2) is 11.6 Å². The lowest BCUT2D eigenvalue weighted by Crippen LogP contribution is -2.32. The van der Waals surface area contributed by atoms with Crippen LogP contribution in [0.3, 0.4) is 0 Å². The molecule has 1 aromatic carbocycles. The number of amides is 1. The number of para-hydroxylation sites is 1. The SMILES string of the molecule is Cc1nc(CC(=O)N(C)CCOc2ccccc2F)cs1. The summed E-state index contributed by atoms with van der Waals surface area (Å²) in [4.78, 5) is 17.8. The number of ether oxygens (including phenoxy) is 1. The van der Waals surface area contributed by atoms with E-state index in [1.54, 1.807) is 30.1 Å². The molecule has 0 saturated carbocycles. The van der Waals surface area contributed by atoms with Crippen molar-refractivity contribution in [3.05, 3.63) is 46.2 Å². The Balaban J connectivity index is 1.77. The molecule has 21 heavy (non-hydrogen) atoms. The molecule has 0 bridgehead atoms. The monoisotopic (exact) mass is 308 g/mol. The van der Waals surface area contributed by atoms with Crippen LogP contribution < -0.4 is 4.74 Å². The highest BCUT2D eigenvalue weighted by molar-refractivity contribution is 7.09. The number of aromatic nitrogens is 1. The third-order valence-electron chi connectivity index (χ3n) is 2.95. The zero-order valence-corrected chi connectivity index (χ0v) is 12.8. The summed E-state index contributed by atoms with van der Waals surface area (Å²) in [6, 6.07) is 6.22. The van der Waals surface area contributed by atoms with E-state index in [4.69, 9.17) is 4.74 Å². The molecule has 0 unspecified atom stereocenters. The highest BCUT2D eigenvalue weighted by Crippen LogP contribution is 2.15. The Labute approximate surface area is 127 Å². The first-order valence-corrected chi connectivity index (χ1v) is 7.46. The van der Waals surface area contributed by atoms with Gasteiger partial charge in [0.05, 0.1) is 23.7 Å². The average Bonchev–Trinajstić information content (AvgIpc) is 2.86. The summed E-state index contributed by atoms with van der Waals surface area (Å²) in [6.45, 7) is 2.56. The third-order valence-corrected chi connectivity index (χ3v) is 3.77. The highest BCUT2D eigenvalue weighted by Gasteiger charge is 2.12. The third kappa shape index (κ3) is 4.53. The fraction of sp³-hybridized carbons (Fsp3) is 0.333. The van der Waals surface area contributed by atoms with E-state index in [0.717, 1.165) is 10.7 Å². The van der Waals surface area contributed by atoms with E-state index in [2.05, 4.69) is 4.98 Å². The molecule has 1 aromatic heterocycles. The van der Waals surface area contributed by atoms with Gasteiger partial charge in [-0.2, -0.15) is 0 Å². The van der Waals surface area contributed by atoms with Crippen LogP contribution in [0.4, 0.5) is 4.39 Å². The second kappa shape index (κ2) is 7.17. The molecule has 0 radical (unpaired) electrons. The molecule has 1 heterocycles. The molecule has 0 spiro atoms. The van der Waals surface area contributed by atoms with Crippen molar-refractivity contribution in [1.82, 2.24) is 9.88 Å². The molecule has 0 atom stereocenters. The first-order valence-electron chi connectivity index (χ1n) is 6.58. The largest absolute Gasteiger partial charge is 0.489 e. The smallest absolute Gasteiger partial charge is 0.228 e. The molecule has 6 heteroatoms. The number of nitrogens with zero attached hydrogens (tertiary/aromatic N) is 2. The van der Waals surface area contributed by atoms with E-state index in [1.807, 2.05) is 12.3 Å². The molecule has 0 saturated heterocycles. The van der Waals surface area contributed by atoms with Crippen molar-refractivity contribution in [3.63, 3.8) is 0 Å². The Morgan fingerprint density at radius 1 is 1.43 bits per heavy atom. The maximum absolute atomic E-state index is 13.3. The van der Waals surface area contributed by atoms with Crippen LogP contribution in [-0.2, 0) is 11.2 Å². The maximum atomic E-state index is 13.3. The summed E-state index contributed by atoms with van der Waals surface area (Å²) < 4.78 is 18.7. The van der Waals surface area contributed by atoms with Gasteiger partial charge in [0.1, 0.15) is 6.61 Å². The van der Waals surface area contributed by atoms with Crippen molar-refractivity contribution >= 4 is 17.2 Å². The molecule has 112 valence electrons. The molecule has 0 fully saturated rings. The van der Waals surface area contributed by atoms with Crippen LogP contribution in [0.2, 0.25) is 0 Å². The molecule has 0 aliphatic carbocycles. The second-order valence-corrected chi connectivity index (χ2v) is 5.69. The number of likely N-dealkylation sites (N-methyl/N-ethyl adjacent to an activating group) is 1. The van der Waals surface area contributed by atoms with Crippen molar-refractivity contribution in [2.24, 2.45) is 0 Å². The van der Waals surface area contributed by atoms with Crippen LogP contribution in [0.25, 0.3) is 0 Å². The Hall–Kier alpha value is -1.95. The summed E-state index contributed by atoms with van der Waals surface area (Å²) in [5.41, 5.74) is 0.782. The molecule has 1 amide bonds. The van der Waals surface area contributed by atoms with Gasteiger partial charge in [-0.3, -0.25) is 4.79 Å². The number of carbonyl (C=O) groups is 1. The lowest BCUT2D eigenvalue weighted by atomic mass is 10.3. The van der Waals surface area contributed by atoms with Crippen molar-refractivity contribution in [2.75, 3.05) is 20.2 Å². The van der Waals surface area contributed by atoms with Crippen LogP contribution in [0, 0.1) is 12.7 Å². The van der Waals surface area contributed by atoms with Crippen LogP contribution in [0.15, 0.2) is 29.6 Å². The van der Waals surface area contributed by atoms with Gasteiger partial charge in [0, 0.05) is 12.4 Å². The predicted octanol–water partition coefficient (Wildman–Crippen LogP) is 2.67. The van der Waals surface area contributed by atoms with Gasteiger partial charge in [0.25, 0.3) is 0 Å². The second-order valence-electron chi connectivity index (χ2n) is 4.63. The van der Waals surface area contributed by atoms with Gasteiger partial charge < -0.3 is 9.64 Å². The molecule has 4 nitrogen and oxygen atoms in total. The van der Waals surface area contributed by atoms with E-state index >= 15 is 0 Å².